The number of hydrogen-bond donors (Lipinski definition) is 1. The molecule has 0 aromatic heterocycles. The summed E-state index contributed by atoms with van der Waals surface area (Å²) in [7, 11) is 0. The first-order chi connectivity index (χ1) is 12.6. The Hall–Kier alpha value is -1.69. The number of nitrogens with two attached hydrogens (primary N) is 1. The number of hydrogen-bond acceptors (Lipinski definition) is 5. The van der Waals surface area contributed by atoms with E-state index in [9.17, 15) is 14.4 Å². The molecule has 26 heavy (non-hydrogen) atoms. The highest BCUT2D eigenvalue weighted by Crippen LogP contribution is 2.13. The molecule has 1 unspecified atom stereocenters. The predicted molar refractivity (Wildman–Crippen MR) is 101 cm³/mol. The van der Waals surface area contributed by atoms with Crippen molar-refractivity contribution >= 4 is 17.7 Å². The quantitative estimate of drug-likeness (QED) is 0.0967. The van der Waals surface area contributed by atoms with Crippen LogP contribution in [0.25, 0.3) is 0 Å². The first-order valence-electron chi connectivity index (χ1n) is 9.96. The molecule has 6 heteroatoms. The third-order valence-corrected chi connectivity index (χ3v) is 4.60. The van der Waals surface area contributed by atoms with Crippen LogP contribution in [-0.2, 0) is 19.1 Å². The second kappa shape index (κ2) is 13.5. The molecule has 0 aromatic rings. The van der Waals surface area contributed by atoms with Gasteiger partial charge in [-0.3, -0.25) is 14.6 Å². The Morgan fingerprint density at radius 2 is 1.77 bits per heavy atom. The van der Waals surface area contributed by atoms with E-state index in [1.165, 1.54) is 25.7 Å². The van der Waals surface area contributed by atoms with Crippen LogP contribution in [0.15, 0.2) is 12.2 Å². The number of carbonyl (C=O) groups is 3. The van der Waals surface area contributed by atoms with Crippen molar-refractivity contribution in [3.8, 4) is 0 Å². The fourth-order valence-corrected chi connectivity index (χ4v) is 2.95. The first-order valence-corrected chi connectivity index (χ1v) is 9.96. The molecule has 1 amide bonds. The summed E-state index contributed by atoms with van der Waals surface area (Å²) in [4.78, 5) is 35.2. The van der Waals surface area contributed by atoms with Crippen molar-refractivity contribution in [3.05, 3.63) is 12.2 Å². The van der Waals surface area contributed by atoms with Crippen molar-refractivity contribution in [2.45, 2.75) is 90.0 Å². The average Bonchev–Trinajstić information content (AvgIpc) is 3.04. The summed E-state index contributed by atoms with van der Waals surface area (Å²) in [6.45, 7) is 2.49. The Balaban J connectivity index is 2.03. The van der Waals surface area contributed by atoms with Crippen molar-refractivity contribution in [3.63, 3.8) is 0 Å². The van der Waals surface area contributed by atoms with E-state index in [1.807, 2.05) is 0 Å². The Morgan fingerprint density at radius 3 is 2.35 bits per heavy atom. The van der Waals surface area contributed by atoms with Crippen LogP contribution in [0, 0.1) is 0 Å². The minimum Gasteiger partial charge on any atom is -0.464 e. The fourth-order valence-electron chi connectivity index (χ4n) is 2.95. The minimum absolute atomic E-state index is 0.122. The van der Waals surface area contributed by atoms with Gasteiger partial charge in [-0.25, -0.2) is 10.6 Å². The molecule has 6 nitrogen and oxygen atoms in total. The van der Waals surface area contributed by atoms with Gasteiger partial charge in [0.2, 0.25) is 5.91 Å². The van der Waals surface area contributed by atoms with E-state index in [0.29, 0.717) is 12.8 Å². The van der Waals surface area contributed by atoms with Crippen molar-refractivity contribution < 1.29 is 19.1 Å². The number of hydrazine groups is 1. The third kappa shape index (κ3) is 9.13. The molecule has 1 fully saturated rings. The molecule has 0 spiro atoms. The Bertz CT molecular complexity index is 476. The standard InChI is InChI=1S/C20H34N2O4/c1-2-3-4-5-6-7-8-9-10-11-12-13-17(23)16-19(24)22(21)18-14-15-26-20(18)25/h7-8,18H,2-6,9-16,21H2,1H3/b8-7-. The number of carbonyl (C=O) groups excluding carboxylic acids is 3. The van der Waals surface area contributed by atoms with E-state index < -0.39 is 17.9 Å². The van der Waals surface area contributed by atoms with Crippen LogP contribution in [0.1, 0.15) is 84.0 Å². The molecule has 0 bridgehead atoms. The van der Waals surface area contributed by atoms with Gasteiger partial charge in [-0.2, -0.15) is 0 Å². The molecule has 148 valence electrons. The van der Waals surface area contributed by atoms with Gasteiger partial charge in [0.15, 0.2) is 0 Å². The number of amides is 1. The zero-order valence-corrected chi connectivity index (χ0v) is 16.1. The molecule has 1 aliphatic rings. The van der Waals surface area contributed by atoms with Gasteiger partial charge in [0, 0.05) is 12.8 Å². The van der Waals surface area contributed by atoms with Gasteiger partial charge in [0.1, 0.15) is 11.8 Å². The highest BCUT2D eigenvalue weighted by Gasteiger charge is 2.34. The molecule has 1 atom stereocenters. The number of ketones is 1. The topological polar surface area (TPSA) is 89.7 Å². The van der Waals surface area contributed by atoms with Crippen LogP contribution in [0.2, 0.25) is 0 Å². The fraction of sp³-hybridized carbons (Fsp3) is 0.750. The number of rotatable bonds is 14. The smallest absolute Gasteiger partial charge is 0.330 e. The second-order valence-corrected chi connectivity index (χ2v) is 6.91. The van der Waals surface area contributed by atoms with E-state index in [0.717, 1.165) is 37.1 Å². The van der Waals surface area contributed by atoms with Crippen LogP contribution < -0.4 is 5.84 Å². The second-order valence-electron chi connectivity index (χ2n) is 6.91. The van der Waals surface area contributed by atoms with Crippen LogP contribution >= 0.6 is 0 Å². The first kappa shape index (κ1) is 22.4. The summed E-state index contributed by atoms with van der Waals surface area (Å²) in [6, 6.07) is -0.746. The molecule has 0 saturated carbocycles. The maximum Gasteiger partial charge on any atom is 0.330 e. The summed E-state index contributed by atoms with van der Waals surface area (Å²) in [5.74, 6) is 4.52. The minimum atomic E-state index is -0.746. The van der Waals surface area contributed by atoms with Gasteiger partial charge in [0.25, 0.3) is 0 Å². The molecule has 0 aliphatic carbocycles. The van der Waals surface area contributed by atoms with E-state index >= 15 is 0 Å². The summed E-state index contributed by atoms with van der Waals surface area (Å²) in [6.07, 6.45) is 15.2. The molecule has 0 aromatic carbocycles. The summed E-state index contributed by atoms with van der Waals surface area (Å²) in [5.41, 5.74) is 0. The third-order valence-electron chi connectivity index (χ3n) is 4.60. The van der Waals surface area contributed by atoms with E-state index in [2.05, 4.69) is 19.1 Å². The Kier molecular flexibility index (Phi) is 11.6. The van der Waals surface area contributed by atoms with Crippen molar-refractivity contribution in [1.29, 1.82) is 0 Å². The Labute approximate surface area is 157 Å². The van der Waals surface area contributed by atoms with Crippen molar-refractivity contribution in [2.75, 3.05) is 6.61 Å². The highest BCUT2D eigenvalue weighted by molar-refractivity contribution is 5.99. The lowest BCUT2D eigenvalue weighted by Crippen LogP contribution is -2.48. The summed E-state index contributed by atoms with van der Waals surface area (Å²) < 4.78 is 4.78. The van der Waals surface area contributed by atoms with Crippen molar-refractivity contribution in [2.24, 2.45) is 5.84 Å². The normalized spacial score (nSPS) is 16.8. The number of Topliss-reactive ketones (excluding diaryl/α,β-unsaturated/α-hetero) is 1. The number of nitrogens with zero attached hydrogens (tertiary/aromatic N) is 1. The number of cyclic esters (lactones) is 1. The van der Waals surface area contributed by atoms with Gasteiger partial charge < -0.3 is 4.74 Å². The molecule has 2 N–H and O–H groups in total. The number of allylic oxidation sites excluding steroid dienone is 2. The van der Waals surface area contributed by atoms with Crippen LogP contribution in [0.5, 0.6) is 0 Å². The van der Waals surface area contributed by atoms with E-state index in [-0.39, 0.29) is 18.8 Å². The molecule has 1 heterocycles. The molecule has 1 aliphatic heterocycles. The monoisotopic (exact) mass is 366 g/mol. The Morgan fingerprint density at radius 1 is 1.12 bits per heavy atom. The van der Waals surface area contributed by atoms with Crippen LogP contribution in [0.3, 0.4) is 0 Å². The summed E-state index contributed by atoms with van der Waals surface area (Å²) in [5, 5.41) is 0.860. The van der Waals surface area contributed by atoms with E-state index in [1.54, 1.807) is 0 Å². The van der Waals surface area contributed by atoms with E-state index in [4.69, 9.17) is 10.6 Å². The highest BCUT2D eigenvalue weighted by atomic mass is 16.5. The summed E-state index contributed by atoms with van der Waals surface area (Å²) >= 11 is 0. The molecule has 1 rings (SSSR count). The molecule has 0 radical (unpaired) electrons. The van der Waals surface area contributed by atoms with Crippen LogP contribution in [-0.4, -0.2) is 35.3 Å². The van der Waals surface area contributed by atoms with Gasteiger partial charge in [-0.15, -0.1) is 0 Å². The number of esters is 1. The lowest BCUT2D eigenvalue weighted by molar-refractivity contribution is -0.149. The lowest BCUT2D eigenvalue weighted by atomic mass is 10.1. The number of unbranched alkanes of at least 4 members (excludes halogenated alkanes) is 7. The average molecular weight is 367 g/mol. The lowest BCUT2D eigenvalue weighted by Gasteiger charge is -2.20. The SMILES string of the molecule is CCCCCC/C=C\CCCCCC(=O)CC(=O)N(N)C1CCOC1=O. The maximum absolute atomic E-state index is 12.0. The zero-order valence-electron chi connectivity index (χ0n) is 16.1. The van der Waals surface area contributed by atoms with Crippen molar-refractivity contribution in [1.82, 2.24) is 5.01 Å². The molecule has 1 saturated heterocycles. The van der Waals surface area contributed by atoms with Crippen LogP contribution in [0.4, 0.5) is 0 Å². The largest absolute Gasteiger partial charge is 0.464 e. The molecular weight excluding hydrogens is 332 g/mol. The van der Waals surface area contributed by atoms with Gasteiger partial charge in [-0.1, -0.05) is 44.8 Å². The molecular formula is C20H34N2O4. The van der Waals surface area contributed by atoms with Gasteiger partial charge >= 0.3 is 5.97 Å². The predicted octanol–water partition coefficient (Wildman–Crippen LogP) is 3.44. The number of ether oxygens (including phenoxy) is 1. The maximum atomic E-state index is 12.0. The van der Waals surface area contributed by atoms with Gasteiger partial charge in [0.05, 0.1) is 13.0 Å². The zero-order chi connectivity index (χ0) is 19.2. The van der Waals surface area contributed by atoms with Gasteiger partial charge in [-0.05, 0) is 32.1 Å².